The molecule has 0 aliphatic carbocycles. The summed E-state index contributed by atoms with van der Waals surface area (Å²) < 4.78 is 39.8. The van der Waals surface area contributed by atoms with E-state index in [4.69, 9.17) is 23.3 Å². The lowest BCUT2D eigenvalue weighted by Crippen LogP contribution is -2.30. The highest BCUT2D eigenvalue weighted by Crippen LogP contribution is 2.43. The average molecular weight is 1180 g/mol. The van der Waals surface area contributed by atoms with Gasteiger partial charge in [-0.2, -0.15) is 0 Å². The lowest BCUT2D eigenvalue weighted by atomic mass is 10.0. The standard InChI is InChI=1S/C70H129O11P/c1-4-7-10-13-16-19-22-25-28-31-33-36-38-41-44-47-50-53-56-59-68(72)77-63-67(81-70(74)61-58-55-52-49-46-43-40-37-34-32-29-26-23-20-17-14-11-8-5-2)65-79-82(75,76)78-64-66(62-71)80-69(73)60-57-54-51-48-45-42-39-35-30-27-24-21-18-15-12-9-6-3/h16,19,25,27-28,30,33,36,66-67,71H,4-15,17-18,20-24,26,29,31-32,34-35,37-65H2,1-3H3,(H,75,76)/b19-16-,28-25-,30-27-,36-33-. The largest absolute Gasteiger partial charge is 0.472 e. The fraction of sp³-hybridized carbons (Fsp3) is 0.843. The van der Waals surface area contributed by atoms with Crippen LogP contribution in [-0.2, 0) is 42.2 Å². The fourth-order valence-corrected chi connectivity index (χ4v) is 10.7. The van der Waals surface area contributed by atoms with Gasteiger partial charge in [0.15, 0.2) is 6.10 Å². The van der Waals surface area contributed by atoms with E-state index >= 15 is 0 Å². The Labute approximate surface area is 504 Å². The first-order valence-electron chi connectivity index (χ1n) is 34.5. The number of aliphatic hydroxyl groups is 1. The third-order valence-corrected chi connectivity index (χ3v) is 16.2. The number of allylic oxidation sites excluding steroid dienone is 8. The van der Waals surface area contributed by atoms with Crippen LogP contribution >= 0.6 is 7.82 Å². The number of phosphoric ester groups is 1. The molecule has 11 nitrogen and oxygen atoms in total. The zero-order valence-electron chi connectivity index (χ0n) is 53.5. The monoisotopic (exact) mass is 1180 g/mol. The van der Waals surface area contributed by atoms with Crippen LogP contribution in [-0.4, -0.2) is 66.5 Å². The predicted octanol–water partition coefficient (Wildman–Crippen LogP) is 21.3. The minimum absolute atomic E-state index is 0.169. The zero-order valence-corrected chi connectivity index (χ0v) is 54.4. The van der Waals surface area contributed by atoms with Crippen molar-refractivity contribution in [1.82, 2.24) is 0 Å². The van der Waals surface area contributed by atoms with Crippen LogP contribution in [0.25, 0.3) is 0 Å². The Hall–Kier alpha value is -2.56. The molecule has 0 saturated carbocycles. The first-order chi connectivity index (χ1) is 40.2. The van der Waals surface area contributed by atoms with Crippen molar-refractivity contribution in [2.45, 2.75) is 354 Å². The maximum Gasteiger partial charge on any atom is 0.472 e. The summed E-state index contributed by atoms with van der Waals surface area (Å²) in [7, 11) is -4.76. The molecule has 0 aliphatic rings. The molecule has 0 rings (SSSR count). The lowest BCUT2D eigenvalue weighted by Gasteiger charge is -2.21. The second-order valence-electron chi connectivity index (χ2n) is 23.3. The van der Waals surface area contributed by atoms with E-state index in [0.29, 0.717) is 19.3 Å². The third-order valence-electron chi connectivity index (χ3n) is 15.2. The Kier molecular flexibility index (Phi) is 62.4. The fourth-order valence-electron chi connectivity index (χ4n) is 9.95. The van der Waals surface area contributed by atoms with Gasteiger partial charge in [-0.3, -0.25) is 23.4 Å². The van der Waals surface area contributed by atoms with Crippen LogP contribution in [0.15, 0.2) is 48.6 Å². The predicted molar refractivity (Wildman–Crippen MR) is 344 cm³/mol. The molecule has 480 valence electrons. The molecule has 0 heterocycles. The first-order valence-corrected chi connectivity index (χ1v) is 36.0. The highest BCUT2D eigenvalue weighted by molar-refractivity contribution is 7.47. The van der Waals surface area contributed by atoms with Crippen molar-refractivity contribution in [2.24, 2.45) is 0 Å². The molecule has 0 radical (unpaired) electrons. The second-order valence-corrected chi connectivity index (χ2v) is 24.8. The van der Waals surface area contributed by atoms with Crippen molar-refractivity contribution in [2.75, 3.05) is 26.4 Å². The van der Waals surface area contributed by atoms with Gasteiger partial charge in [-0.1, -0.05) is 288 Å². The first kappa shape index (κ1) is 79.4. The van der Waals surface area contributed by atoms with Gasteiger partial charge in [-0.15, -0.1) is 0 Å². The number of phosphoric acid groups is 1. The molecular weight excluding hydrogens is 1050 g/mol. The number of aliphatic hydroxyl groups excluding tert-OH is 1. The van der Waals surface area contributed by atoms with Crippen molar-refractivity contribution < 1.29 is 52.2 Å². The number of esters is 3. The highest BCUT2D eigenvalue weighted by atomic mass is 31.2. The number of carbonyl (C=O) groups is 3. The Bertz CT molecular complexity index is 1560. The van der Waals surface area contributed by atoms with Gasteiger partial charge in [-0.05, 0) is 83.5 Å². The molecule has 12 heteroatoms. The molecule has 3 atom stereocenters. The normalized spacial score (nSPS) is 13.5. The molecule has 3 unspecified atom stereocenters. The molecule has 0 saturated heterocycles. The summed E-state index contributed by atoms with van der Waals surface area (Å²) in [5.41, 5.74) is 0. The molecule has 2 N–H and O–H groups in total. The van der Waals surface area contributed by atoms with Gasteiger partial charge < -0.3 is 24.2 Å². The lowest BCUT2D eigenvalue weighted by molar-refractivity contribution is -0.161. The average Bonchev–Trinajstić information content (AvgIpc) is 3.47. The molecule has 0 aromatic heterocycles. The summed E-state index contributed by atoms with van der Waals surface area (Å²) in [4.78, 5) is 48.9. The third kappa shape index (κ3) is 62.0. The van der Waals surface area contributed by atoms with E-state index in [1.165, 1.54) is 186 Å². The number of hydrogen-bond donors (Lipinski definition) is 2. The van der Waals surface area contributed by atoms with Crippen LogP contribution < -0.4 is 0 Å². The summed E-state index contributed by atoms with van der Waals surface area (Å²) in [5.74, 6) is -1.46. The van der Waals surface area contributed by atoms with E-state index in [1.807, 2.05) is 0 Å². The Morgan fingerprint density at radius 2 is 0.598 bits per heavy atom. The molecule has 0 spiro atoms. The summed E-state index contributed by atoms with van der Waals surface area (Å²) in [6, 6.07) is 0. The van der Waals surface area contributed by atoms with Crippen LogP contribution in [0.1, 0.15) is 342 Å². The highest BCUT2D eigenvalue weighted by Gasteiger charge is 2.28. The number of rotatable bonds is 65. The summed E-state index contributed by atoms with van der Waals surface area (Å²) in [6.45, 7) is 4.68. The van der Waals surface area contributed by atoms with Crippen molar-refractivity contribution in [3.8, 4) is 0 Å². The number of ether oxygens (including phenoxy) is 3. The molecule has 0 aromatic carbocycles. The second kappa shape index (κ2) is 64.4. The number of unbranched alkanes of at least 4 members (excludes halogenated alkanes) is 40. The molecular formula is C70H129O11P. The van der Waals surface area contributed by atoms with E-state index in [0.717, 1.165) is 96.3 Å². The molecule has 82 heavy (non-hydrogen) atoms. The minimum atomic E-state index is -4.76. The Morgan fingerprint density at radius 3 is 0.951 bits per heavy atom. The summed E-state index contributed by atoms with van der Waals surface area (Å²) in [5, 5.41) is 9.87. The zero-order chi connectivity index (χ0) is 59.8. The Morgan fingerprint density at radius 1 is 0.341 bits per heavy atom. The van der Waals surface area contributed by atoms with E-state index in [-0.39, 0.29) is 25.9 Å². The number of hydrogen-bond acceptors (Lipinski definition) is 10. The van der Waals surface area contributed by atoms with Crippen LogP contribution in [0, 0.1) is 0 Å². The summed E-state index contributed by atoms with van der Waals surface area (Å²) >= 11 is 0. The van der Waals surface area contributed by atoms with E-state index in [2.05, 4.69) is 69.4 Å². The van der Waals surface area contributed by atoms with Gasteiger partial charge in [0.1, 0.15) is 12.7 Å². The van der Waals surface area contributed by atoms with Gasteiger partial charge in [0.25, 0.3) is 0 Å². The molecule has 0 fully saturated rings. The van der Waals surface area contributed by atoms with Gasteiger partial charge in [0.05, 0.1) is 19.8 Å². The van der Waals surface area contributed by atoms with E-state index in [1.54, 1.807) is 0 Å². The molecule has 0 aromatic rings. The maximum atomic E-state index is 13.0. The van der Waals surface area contributed by atoms with E-state index in [9.17, 15) is 28.9 Å². The topological polar surface area (TPSA) is 155 Å². The van der Waals surface area contributed by atoms with Crippen molar-refractivity contribution in [1.29, 1.82) is 0 Å². The van der Waals surface area contributed by atoms with Crippen LogP contribution in [0.2, 0.25) is 0 Å². The van der Waals surface area contributed by atoms with Crippen LogP contribution in [0.5, 0.6) is 0 Å². The van der Waals surface area contributed by atoms with E-state index < -0.39 is 57.8 Å². The van der Waals surface area contributed by atoms with Crippen molar-refractivity contribution >= 4 is 25.7 Å². The Balaban J connectivity index is 4.68. The minimum Gasteiger partial charge on any atom is -0.462 e. The van der Waals surface area contributed by atoms with Crippen molar-refractivity contribution in [3.05, 3.63) is 48.6 Å². The van der Waals surface area contributed by atoms with Crippen LogP contribution in [0.3, 0.4) is 0 Å². The van der Waals surface area contributed by atoms with Gasteiger partial charge in [0, 0.05) is 19.3 Å². The van der Waals surface area contributed by atoms with Gasteiger partial charge in [0.2, 0.25) is 0 Å². The molecule has 0 amide bonds. The number of carbonyl (C=O) groups excluding carboxylic acids is 3. The SMILES string of the molecule is CCCCC/C=C\C/C=C\C/C=C\CCCCCCCCC(=O)OCC(COP(=O)(O)OCC(CO)OC(=O)CCCCCCCCC/C=C\CCCCCCCC)OC(=O)CCCCCCCCCCCCCCCCCCCCC. The summed E-state index contributed by atoms with van der Waals surface area (Å²) in [6.07, 6.45) is 72.0. The van der Waals surface area contributed by atoms with Crippen molar-refractivity contribution in [3.63, 3.8) is 0 Å². The van der Waals surface area contributed by atoms with Gasteiger partial charge in [-0.25, -0.2) is 4.57 Å². The maximum absolute atomic E-state index is 13.0. The van der Waals surface area contributed by atoms with Crippen LogP contribution in [0.4, 0.5) is 0 Å². The quantitative estimate of drug-likeness (QED) is 0.0197. The molecule has 0 bridgehead atoms. The van der Waals surface area contributed by atoms with Gasteiger partial charge >= 0.3 is 25.7 Å². The smallest absolute Gasteiger partial charge is 0.462 e. The molecule has 0 aliphatic heterocycles.